The van der Waals surface area contributed by atoms with Crippen LogP contribution in [0.25, 0.3) is 28.0 Å². The molecule has 1 aliphatic heterocycles. The molecule has 34 heavy (non-hydrogen) atoms. The fraction of sp³-hybridized carbons (Fsp3) is 0.269. The molecule has 4 aromatic rings. The number of carbonyl (C=O) groups excluding carboxylic acids is 1. The molecule has 0 unspecified atom stereocenters. The lowest BCUT2D eigenvalue weighted by atomic mass is 10.1. The number of aliphatic hydroxyl groups excluding tert-OH is 1. The van der Waals surface area contributed by atoms with Gasteiger partial charge in [-0.25, -0.2) is 14.4 Å². The summed E-state index contributed by atoms with van der Waals surface area (Å²) in [4.78, 5) is 26.2. The number of hydrogen-bond acceptors (Lipinski definition) is 5. The van der Waals surface area contributed by atoms with E-state index >= 15 is 0 Å². The van der Waals surface area contributed by atoms with E-state index in [9.17, 15) is 9.18 Å². The van der Waals surface area contributed by atoms with Crippen molar-refractivity contribution in [2.24, 2.45) is 0 Å². The average molecular weight is 460 g/mol. The van der Waals surface area contributed by atoms with E-state index in [1.807, 2.05) is 40.8 Å². The molecular formula is C26H26FN5O2. The van der Waals surface area contributed by atoms with E-state index in [0.717, 1.165) is 29.6 Å². The third-order valence-electron chi connectivity index (χ3n) is 6.37. The van der Waals surface area contributed by atoms with Gasteiger partial charge in [0.1, 0.15) is 5.82 Å². The maximum absolute atomic E-state index is 14.1. The molecule has 0 saturated carbocycles. The SMILES string of the molecule is Cc1cn(-c2ncc(-c3ccccc3F)cn2)c2cc(C(=O)N3CCN(CCO)CC3)ccc12. The number of aromatic nitrogens is 3. The first-order valence-corrected chi connectivity index (χ1v) is 11.4. The van der Waals surface area contributed by atoms with Crippen molar-refractivity contribution < 1.29 is 14.3 Å². The van der Waals surface area contributed by atoms with Gasteiger partial charge in [0.2, 0.25) is 5.95 Å². The summed E-state index contributed by atoms with van der Waals surface area (Å²) >= 11 is 0. The quantitative estimate of drug-likeness (QED) is 0.496. The van der Waals surface area contributed by atoms with Crippen LogP contribution in [0.2, 0.25) is 0 Å². The number of rotatable bonds is 5. The normalized spacial score (nSPS) is 14.6. The van der Waals surface area contributed by atoms with E-state index in [4.69, 9.17) is 5.11 Å². The van der Waals surface area contributed by atoms with Crippen LogP contribution in [-0.2, 0) is 0 Å². The Morgan fingerprint density at radius 1 is 1.06 bits per heavy atom. The highest BCUT2D eigenvalue weighted by molar-refractivity contribution is 5.99. The van der Waals surface area contributed by atoms with Gasteiger partial charge in [-0.1, -0.05) is 24.3 Å². The molecule has 1 fully saturated rings. The molecule has 0 atom stereocenters. The monoisotopic (exact) mass is 459 g/mol. The summed E-state index contributed by atoms with van der Waals surface area (Å²) in [5, 5.41) is 10.1. The van der Waals surface area contributed by atoms with E-state index in [0.29, 0.717) is 42.3 Å². The Hall–Kier alpha value is -3.62. The van der Waals surface area contributed by atoms with Crippen molar-refractivity contribution in [2.75, 3.05) is 39.3 Å². The van der Waals surface area contributed by atoms with Gasteiger partial charge in [0.05, 0.1) is 12.1 Å². The van der Waals surface area contributed by atoms with E-state index in [2.05, 4.69) is 14.9 Å². The molecule has 0 aliphatic carbocycles. The Morgan fingerprint density at radius 2 is 1.79 bits per heavy atom. The van der Waals surface area contributed by atoms with Crippen LogP contribution in [0.3, 0.4) is 0 Å². The highest BCUT2D eigenvalue weighted by Gasteiger charge is 2.22. The van der Waals surface area contributed by atoms with Gasteiger partial charge < -0.3 is 10.0 Å². The van der Waals surface area contributed by atoms with Crippen molar-refractivity contribution in [1.29, 1.82) is 0 Å². The second-order valence-corrected chi connectivity index (χ2v) is 8.52. The third-order valence-corrected chi connectivity index (χ3v) is 6.37. The molecule has 5 rings (SSSR count). The van der Waals surface area contributed by atoms with Crippen molar-refractivity contribution in [1.82, 2.24) is 24.3 Å². The van der Waals surface area contributed by atoms with Gasteiger partial charge in [-0.05, 0) is 30.7 Å². The Balaban J connectivity index is 1.43. The number of β-amino-alcohol motifs (C(OH)–C–C–N with tert-alkyl or cyclic N) is 1. The first-order chi connectivity index (χ1) is 16.5. The number of benzene rings is 2. The van der Waals surface area contributed by atoms with Crippen LogP contribution in [0.5, 0.6) is 0 Å². The molecule has 0 spiro atoms. The number of nitrogens with zero attached hydrogens (tertiary/aromatic N) is 5. The molecule has 2 aromatic heterocycles. The van der Waals surface area contributed by atoms with Crippen LogP contribution in [0.1, 0.15) is 15.9 Å². The van der Waals surface area contributed by atoms with Crippen molar-refractivity contribution in [3.63, 3.8) is 0 Å². The second-order valence-electron chi connectivity index (χ2n) is 8.52. The lowest BCUT2D eigenvalue weighted by Gasteiger charge is -2.34. The summed E-state index contributed by atoms with van der Waals surface area (Å²) in [6, 6.07) is 12.3. The third kappa shape index (κ3) is 4.18. The molecule has 1 amide bonds. The van der Waals surface area contributed by atoms with Gasteiger partial charge in [0, 0.05) is 73.4 Å². The smallest absolute Gasteiger partial charge is 0.254 e. The van der Waals surface area contributed by atoms with Gasteiger partial charge in [0.15, 0.2) is 0 Å². The standard InChI is InChI=1S/C26H26FN5O2/c1-18-17-32(26-28-15-20(16-29-26)22-4-2-3-5-23(22)27)24-14-19(6-7-21(18)24)25(34)31-10-8-30(9-11-31)12-13-33/h2-7,14-17,33H,8-13H2,1H3. The van der Waals surface area contributed by atoms with Gasteiger partial charge >= 0.3 is 0 Å². The minimum atomic E-state index is -0.318. The predicted octanol–water partition coefficient (Wildman–Crippen LogP) is 3.29. The lowest BCUT2D eigenvalue weighted by Crippen LogP contribution is -2.49. The first-order valence-electron chi connectivity index (χ1n) is 11.4. The van der Waals surface area contributed by atoms with E-state index in [1.165, 1.54) is 6.07 Å². The number of amides is 1. The Bertz CT molecular complexity index is 1330. The summed E-state index contributed by atoms with van der Waals surface area (Å²) in [6.07, 6.45) is 5.18. The Morgan fingerprint density at radius 3 is 2.50 bits per heavy atom. The van der Waals surface area contributed by atoms with E-state index in [1.54, 1.807) is 30.6 Å². The van der Waals surface area contributed by atoms with Crippen LogP contribution < -0.4 is 0 Å². The second kappa shape index (κ2) is 9.32. The van der Waals surface area contributed by atoms with Gasteiger partial charge in [0.25, 0.3) is 5.91 Å². The molecule has 0 bridgehead atoms. The van der Waals surface area contributed by atoms with Crippen molar-refractivity contribution >= 4 is 16.8 Å². The zero-order valence-corrected chi connectivity index (χ0v) is 19.0. The number of aryl methyl sites for hydroxylation is 1. The zero-order chi connectivity index (χ0) is 23.7. The van der Waals surface area contributed by atoms with Crippen molar-refractivity contribution in [2.45, 2.75) is 6.92 Å². The minimum Gasteiger partial charge on any atom is -0.395 e. The summed E-state index contributed by atoms with van der Waals surface area (Å²) in [5.74, 6) is 0.133. The first kappa shape index (κ1) is 22.2. The largest absolute Gasteiger partial charge is 0.395 e. The van der Waals surface area contributed by atoms with Crippen LogP contribution >= 0.6 is 0 Å². The maximum atomic E-state index is 14.1. The molecule has 0 radical (unpaired) electrons. The van der Waals surface area contributed by atoms with Gasteiger partial charge in [-0.3, -0.25) is 14.3 Å². The van der Waals surface area contributed by atoms with Crippen LogP contribution in [-0.4, -0.2) is 74.7 Å². The van der Waals surface area contributed by atoms with E-state index in [-0.39, 0.29) is 18.3 Å². The molecule has 2 aromatic carbocycles. The fourth-order valence-corrected chi connectivity index (χ4v) is 4.47. The number of hydrogen-bond donors (Lipinski definition) is 1. The summed E-state index contributed by atoms with van der Waals surface area (Å²) < 4.78 is 16.0. The topological polar surface area (TPSA) is 74.5 Å². The molecule has 7 nitrogen and oxygen atoms in total. The summed E-state index contributed by atoms with van der Waals surface area (Å²) in [5.41, 5.74) is 3.57. The number of halogens is 1. The highest BCUT2D eigenvalue weighted by atomic mass is 19.1. The number of aliphatic hydroxyl groups is 1. The minimum absolute atomic E-state index is 0.00762. The van der Waals surface area contributed by atoms with Crippen molar-refractivity contribution in [3.8, 4) is 17.1 Å². The number of piperazine rings is 1. The average Bonchev–Trinajstić information content (AvgIpc) is 3.20. The maximum Gasteiger partial charge on any atom is 0.254 e. The highest BCUT2D eigenvalue weighted by Crippen LogP contribution is 2.26. The summed E-state index contributed by atoms with van der Waals surface area (Å²) in [7, 11) is 0. The molecule has 3 heterocycles. The van der Waals surface area contributed by atoms with Gasteiger partial charge in [-0.2, -0.15) is 0 Å². The molecule has 8 heteroatoms. The zero-order valence-electron chi connectivity index (χ0n) is 19.0. The lowest BCUT2D eigenvalue weighted by molar-refractivity contribution is 0.0615. The molecule has 1 N–H and O–H groups in total. The Kier molecular flexibility index (Phi) is 6.08. The van der Waals surface area contributed by atoms with Crippen LogP contribution in [0.4, 0.5) is 4.39 Å². The summed E-state index contributed by atoms with van der Waals surface area (Å²) in [6.45, 7) is 5.56. The molecule has 1 aliphatic rings. The van der Waals surface area contributed by atoms with Crippen molar-refractivity contribution in [3.05, 3.63) is 78.0 Å². The predicted molar refractivity (Wildman–Crippen MR) is 128 cm³/mol. The molecule has 174 valence electrons. The van der Waals surface area contributed by atoms with Gasteiger partial charge in [-0.15, -0.1) is 0 Å². The molecule has 1 saturated heterocycles. The number of carbonyl (C=O) groups is 1. The number of fused-ring (bicyclic) bond motifs is 1. The fourth-order valence-electron chi connectivity index (χ4n) is 4.47. The molecular weight excluding hydrogens is 433 g/mol. The van der Waals surface area contributed by atoms with E-state index < -0.39 is 0 Å². The van der Waals surface area contributed by atoms with Crippen LogP contribution in [0.15, 0.2) is 61.1 Å². The Labute approximate surface area is 197 Å². The van der Waals surface area contributed by atoms with Crippen LogP contribution in [0, 0.1) is 12.7 Å².